The van der Waals surface area contributed by atoms with Crippen LogP contribution in [0.1, 0.15) is 292 Å². The Morgan fingerprint density at radius 1 is 0.387 bits per heavy atom. The Bertz CT molecular complexity index is 1150. The lowest BCUT2D eigenvalue weighted by Crippen LogP contribution is -2.50. The number of esters is 2. The van der Waals surface area contributed by atoms with Gasteiger partial charge in [0.25, 0.3) is 0 Å². The zero-order valence-electron chi connectivity index (χ0n) is 50.0. The van der Waals surface area contributed by atoms with Crippen molar-refractivity contribution in [3.63, 3.8) is 0 Å². The van der Waals surface area contributed by atoms with E-state index in [1.165, 1.54) is 154 Å². The van der Waals surface area contributed by atoms with Gasteiger partial charge in [0.1, 0.15) is 5.60 Å². The van der Waals surface area contributed by atoms with Gasteiger partial charge in [-0.2, -0.15) is 0 Å². The molecule has 0 rings (SSSR count). The highest BCUT2D eigenvalue weighted by Gasteiger charge is 2.33. The van der Waals surface area contributed by atoms with Gasteiger partial charge in [0.2, 0.25) is 6.04 Å². The molecule has 4 unspecified atom stereocenters. The average Bonchev–Trinajstić information content (AvgIpc) is 3.35. The van der Waals surface area contributed by atoms with Crippen molar-refractivity contribution in [2.75, 3.05) is 52.5 Å². The minimum atomic E-state index is -1.75. The summed E-state index contributed by atoms with van der Waals surface area (Å²) in [5, 5.41) is 46.7. The van der Waals surface area contributed by atoms with Gasteiger partial charge in [0.15, 0.2) is 0 Å². The summed E-state index contributed by atoms with van der Waals surface area (Å²) in [5.41, 5.74) is -0.884. The summed E-state index contributed by atoms with van der Waals surface area (Å²) in [5.74, 6) is -1.92. The number of carbonyl (C=O) groups excluding carboxylic acids is 3. The van der Waals surface area contributed by atoms with Gasteiger partial charge < -0.3 is 34.6 Å². The van der Waals surface area contributed by atoms with Crippen LogP contribution < -0.4 is 5.32 Å². The van der Waals surface area contributed by atoms with E-state index in [4.69, 9.17) is 14.2 Å². The van der Waals surface area contributed by atoms with Crippen molar-refractivity contribution in [2.24, 2.45) is 0 Å². The summed E-state index contributed by atoms with van der Waals surface area (Å²) in [6, 6.07) is -1.75. The Labute approximate surface area is 461 Å². The molecule has 4 atom stereocenters. The number of aliphatic hydroxyl groups is 4. The number of aliphatic hydroxyl groups excluding tert-OH is 4. The number of rotatable bonds is 55. The van der Waals surface area contributed by atoms with Crippen LogP contribution in [0.3, 0.4) is 0 Å². The van der Waals surface area contributed by atoms with Crippen LogP contribution in [0, 0.1) is 0 Å². The molecule has 1 amide bonds. The van der Waals surface area contributed by atoms with Gasteiger partial charge in [-0.25, -0.2) is 14.4 Å². The van der Waals surface area contributed by atoms with Gasteiger partial charge in [0, 0.05) is 39.3 Å². The van der Waals surface area contributed by atoms with Crippen molar-refractivity contribution >= 4 is 18.0 Å². The highest BCUT2D eigenvalue weighted by molar-refractivity contribution is 6.01. The van der Waals surface area contributed by atoms with Crippen LogP contribution in [0.25, 0.3) is 0 Å². The van der Waals surface area contributed by atoms with Crippen LogP contribution >= 0.6 is 0 Å². The van der Waals surface area contributed by atoms with Crippen molar-refractivity contribution < 1.29 is 49.0 Å². The van der Waals surface area contributed by atoms with E-state index in [1.54, 1.807) is 20.8 Å². The van der Waals surface area contributed by atoms with Crippen molar-refractivity contribution in [2.45, 2.75) is 329 Å². The van der Waals surface area contributed by atoms with E-state index >= 15 is 0 Å². The number of alkyl carbamates (subject to hydrolysis) is 1. The van der Waals surface area contributed by atoms with Crippen molar-refractivity contribution in [1.82, 2.24) is 15.1 Å². The Morgan fingerprint density at radius 3 is 0.867 bits per heavy atom. The zero-order chi connectivity index (χ0) is 55.6. The first-order valence-corrected chi connectivity index (χ1v) is 31.6. The van der Waals surface area contributed by atoms with E-state index in [0.717, 1.165) is 51.4 Å². The zero-order valence-corrected chi connectivity index (χ0v) is 50.0. The van der Waals surface area contributed by atoms with Crippen LogP contribution in [0.15, 0.2) is 0 Å². The SMILES string of the molecule is CCCCCCCCCCC(O)CN(CCCOC(=O)C(NC(=O)OC(C)(C)C)C(=O)OCCCN(CC(O)CCCCCCCCCC)CC(O)CCCCCCCCCC)CC(O)CCCCCCCCCC. The molecular weight excluding hydrogens is 947 g/mol. The molecule has 0 aliphatic heterocycles. The van der Waals surface area contributed by atoms with Crippen LogP contribution in [0.4, 0.5) is 4.79 Å². The molecule has 0 aliphatic rings. The van der Waals surface area contributed by atoms with E-state index in [0.29, 0.717) is 77.8 Å². The molecule has 0 fully saturated rings. The van der Waals surface area contributed by atoms with Crippen molar-refractivity contribution in [1.29, 1.82) is 0 Å². The number of hydrogen-bond donors (Lipinski definition) is 5. The smallest absolute Gasteiger partial charge is 0.408 e. The lowest BCUT2D eigenvalue weighted by molar-refractivity contribution is -0.158. The second-order valence-electron chi connectivity index (χ2n) is 23.3. The van der Waals surface area contributed by atoms with Gasteiger partial charge in [-0.3, -0.25) is 15.1 Å². The maximum atomic E-state index is 13.6. The van der Waals surface area contributed by atoms with Gasteiger partial charge in [-0.1, -0.05) is 233 Å². The molecule has 0 saturated carbocycles. The summed E-state index contributed by atoms with van der Waals surface area (Å²) >= 11 is 0. The Hall–Kier alpha value is -2.03. The molecular formula is C62H123N3O10. The number of hydrogen-bond acceptors (Lipinski definition) is 12. The maximum Gasteiger partial charge on any atom is 0.408 e. The largest absolute Gasteiger partial charge is 0.464 e. The molecule has 0 bridgehead atoms. The van der Waals surface area contributed by atoms with Gasteiger partial charge in [-0.05, 0) is 59.3 Å². The van der Waals surface area contributed by atoms with Gasteiger partial charge in [0.05, 0.1) is 37.6 Å². The van der Waals surface area contributed by atoms with Crippen molar-refractivity contribution in [3.8, 4) is 0 Å². The monoisotopic (exact) mass is 1070 g/mol. The molecule has 446 valence electrons. The maximum absolute atomic E-state index is 13.6. The Kier molecular flexibility index (Phi) is 50.0. The molecule has 13 nitrogen and oxygen atoms in total. The molecule has 0 aromatic rings. The molecule has 0 aliphatic carbocycles. The normalized spacial score (nSPS) is 14.0. The highest BCUT2D eigenvalue weighted by Crippen LogP contribution is 2.17. The lowest BCUT2D eigenvalue weighted by atomic mass is 10.0. The Morgan fingerprint density at radius 2 is 0.627 bits per heavy atom. The first-order valence-electron chi connectivity index (χ1n) is 31.6. The van der Waals surface area contributed by atoms with Crippen LogP contribution in [0.5, 0.6) is 0 Å². The summed E-state index contributed by atoms with van der Waals surface area (Å²) < 4.78 is 16.6. The van der Waals surface area contributed by atoms with Gasteiger partial charge in [-0.15, -0.1) is 0 Å². The van der Waals surface area contributed by atoms with E-state index < -0.39 is 54.1 Å². The number of unbranched alkanes of at least 4 members (excludes halogenated alkanes) is 28. The number of ether oxygens (including phenoxy) is 3. The molecule has 75 heavy (non-hydrogen) atoms. The minimum Gasteiger partial charge on any atom is -0.464 e. The predicted molar refractivity (Wildman–Crippen MR) is 310 cm³/mol. The fourth-order valence-corrected chi connectivity index (χ4v) is 9.85. The third kappa shape index (κ3) is 48.8. The third-order valence-electron chi connectivity index (χ3n) is 14.3. The van der Waals surface area contributed by atoms with Gasteiger partial charge >= 0.3 is 18.0 Å². The molecule has 0 heterocycles. The number of carbonyl (C=O) groups is 3. The minimum absolute atomic E-state index is 0.0467. The van der Waals surface area contributed by atoms with E-state index in [1.807, 2.05) is 0 Å². The van der Waals surface area contributed by atoms with E-state index in [2.05, 4.69) is 42.8 Å². The molecule has 0 aromatic heterocycles. The molecule has 0 radical (unpaired) electrons. The second-order valence-corrected chi connectivity index (χ2v) is 23.3. The third-order valence-corrected chi connectivity index (χ3v) is 14.3. The summed E-state index contributed by atoms with van der Waals surface area (Å²) in [7, 11) is 0. The Balaban J connectivity index is 5.58. The van der Waals surface area contributed by atoms with Crippen LogP contribution in [0.2, 0.25) is 0 Å². The molecule has 5 N–H and O–H groups in total. The standard InChI is InChI=1S/C62H123N3O10/c1-8-12-16-20-24-28-32-36-42-54(66)50-64(51-55(67)43-37-33-29-25-21-17-13-9-2)46-40-48-73-59(70)58(63-61(72)75-62(5,6)7)60(71)74-49-41-47-65(52-56(68)44-38-34-30-26-22-18-14-10-3)53-57(69)45-39-35-31-27-23-19-15-11-4/h54-58,66-69H,8-53H2,1-7H3,(H,63,72). The fourth-order valence-electron chi connectivity index (χ4n) is 9.85. The summed E-state index contributed by atoms with van der Waals surface area (Å²) in [6.07, 6.45) is 38.5. The summed E-state index contributed by atoms with van der Waals surface area (Å²) in [4.78, 5) is 44.2. The number of amides is 1. The van der Waals surface area contributed by atoms with Crippen LogP contribution in [-0.2, 0) is 23.8 Å². The highest BCUT2D eigenvalue weighted by atomic mass is 16.6. The molecule has 13 heteroatoms. The second kappa shape index (κ2) is 51.4. The quantitative estimate of drug-likeness (QED) is 0.0169. The molecule has 0 saturated heterocycles. The predicted octanol–water partition coefficient (Wildman–Crippen LogP) is 13.9. The average molecular weight is 1070 g/mol. The summed E-state index contributed by atoms with van der Waals surface area (Å²) in [6.45, 7) is 16.4. The first-order chi connectivity index (χ1) is 36.1. The van der Waals surface area contributed by atoms with Crippen LogP contribution in [-0.4, -0.2) is 137 Å². The topological polar surface area (TPSA) is 178 Å². The lowest BCUT2D eigenvalue weighted by Gasteiger charge is -2.28. The first kappa shape index (κ1) is 73.0. The molecule has 0 aromatic carbocycles. The number of nitrogens with one attached hydrogen (secondary N) is 1. The van der Waals surface area contributed by atoms with Crippen molar-refractivity contribution in [3.05, 3.63) is 0 Å². The van der Waals surface area contributed by atoms with E-state index in [-0.39, 0.29) is 13.2 Å². The fraction of sp³-hybridized carbons (Fsp3) is 0.952. The van der Waals surface area contributed by atoms with E-state index in [9.17, 15) is 34.8 Å². The number of nitrogens with zero attached hydrogens (tertiary/aromatic N) is 2. The molecule has 0 spiro atoms.